The van der Waals surface area contributed by atoms with Crippen LogP contribution in [-0.4, -0.2) is 61.7 Å². The normalized spacial score (nSPS) is 18.9. The van der Waals surface area contributed by atoms with Gasteiger partial charge < -0.3 is 15.2 Å². The highest BCUT2D eigenvalue weighted by molar-refractivity contribution is 5.67. The molecule has 30 heavy (non-hydrogen) atoms. The fourth-order valence-electron chi connectivity index (χ4n) is 3.36. The Labute approximate surface area is 168 Å². The summed E-state index contributed by atoms with van der Waals surface area (Å²) in [5, 5.41) is 16.1. The second-order valence-electron chi connectivity index (χ2n) is 6.65. The Bertz CT molecular complexity index is 1090. The lowest BCUT2D eigenvalue weighted by molar-refractivity contribution is 0.139. The molecule has 1 fully saturated rings. The first-order chi connectivity index (χ1) is 14.4. The zero-order chi connectivity index (χ0) is 21.4. The number of likely N-dealkylation sites (tertiary alicyclic amines) is 1. The van der Waals surface area contributed by atoms with Gasteiger partial charge in [-0.3, -0.25) is 4.90 Å². The molecule has 4 heterocycles. The van der Waals surface area contributed by atoms with Crippen LogP contribution in [-0.2, 0) is 0 Å². The molecule has 158 valence electrons. The van der Waals surface area contributed by atoms with Crippen molar-refractivity contribution in [3.63, 3.8) is 0 Å². The van der Waals surface area contributed by atoms with Crippen LogP contribution in [0.15, 0.2) is 30.5 Å². The van der Waals surface area contributed by atoms with Crippen LogP contribution >= 0.6 is 0 Å². The molecule has 4 rings (SSSR count). The molecule has 3 aromatic heterocycles. The smallest absolute Gasteiger partial charge is 0.409 e. The molecule has 1 amide bonds. The molecule has 1 aliphatic rings. The van der Waals surface area contributed by atoms with Crippen molar-refractivity contribution in [1.29, 1.82) is 0 Å². The van der Waals surface area contributed by atoms with Gasteiger partial charge in [0.25, 0.3) is 6.43 Å². The molecule has 0 aliphatic carbocycles. The molecule has 0 saturated carbocycles. The van der Waals surface area contributed by atoms with Gasteiger partial charge in [0.15, 0.2) is 17.1 Å². The lowest BCUT2D eigenvalue weighted by atomic mass is 10.2. The maximum Gasteiger partial charge on any atom is 0.409 e. The number of methoxy groups -OCH3 is 1. The highest BCUT2D eigenvalue weighted by atomic mass is 19.3. The molecule has 0 aromatic carbocycles. The molecule has 2 unspecified atom stereocenters. The van der Waals surface area contributed by atoms with Gasteiger partial charge in [0.05, 0.1) is 25.5 Å². The molecule has 1 aliphatic heterocycles. The number of ether oxygens (including phenoxy) is 1. The SMILES string of the molecule is COc1cc2ncc(-c3cccc(NC4CC(F)CN4C(=O)O)n3)n2nc1C(F)F. The third-order valence-electron chi connectivity index (χ3n) is 4.73. The van der Waals surface area contributed by atoms with E-state index in [1.807, 2.05) is 0 Å². The monoisotopic (exact) mass is 422 g/mol. The number of amides is 1. The van der Waals surface area contributed by atoms with Crippen molar-refractivity contribution in [2.24, 2.45) is 0 Å². The second-order valence-corrected chi connectivity index (χ2v) is 6.65. The summed E-state index contributed by atoms with van der Waals surface area (Å²) in [6, 6.07) is 6.23. The molecule has 1 saturated heterocycles. The predicted octanol–water partition coefficient (Wildman–Crippen LogP) is 3.20. The summed E-state index contributed by atoms with van der Waals surface area (Å²) >= 11 is 0. The Morgan fingerprint density at radius 3 is 2.90 bits per heavy atom. The lowest BCUT2D eigenvalue weighted by Crippen LogP contribution is -2.39. The van der Waals surface area contributed by atoms with Crippen molar-refractivity contribution in [3.8, 4) is 17.1 Å². The summed E-state index contributed by atoms with van der Waals surface area (Å²) in [5.74, 6) is 0.226. The van der Waals surface area contributed by atoms with E-state index in [9.17, 15) is 23.1 Å². The summed E-state index contributed by atoms with van der Waals surface area (Å²) in [4.78, 5) is 20.8. The summed E-state index contributed by atoms with van der Waals surface area (Å²) in [6.45, 7) is -0.220. The largest absolute Gasteiger partial charge is 0.494 e. The van der Waals surface area contributed by atoms with E-state index in [0.29, 0.717) is 22.9 Å². The van der Waals surface area contributed by atoms with E-state index in [2.05, 4.69) is 20.4 Å². The van der Waals surface area contributed by atoms with Crippen LogP contribution in [0.25, 0.3) is 17.0 Å². The third kappa shape index (κ3) is 3.55. The summed E-state index contributed by atoms with van der Waals surface area (Å²) in [5.41, 5.74) is 0.472. The molecular formula is C18H17F3N6O3. The number of aromatic nitrogens is 4. The lowest BCUT2D eigenvalue weighted by Gasteiger charge is -2.22. The van der Waals surface area contributed by atoms with Crippen LogP contribution in [0.2, 0.25) is 0 Å². The van der Waals surface area contributed by atoms with Crippen molar-refractivity contribution >= 4 is 17.6 Å². The van der Waals surface area contributed by atoms with Gasteiger partial charge in [0.1, 0.15) is 23.8 Å². The number of nitrogens with zero attached hydrogens (tertiary/aromatic N) is 5. The van der Waals surface area contributed by atoms with Crippen molar-refractivity contribution < 1.29 is 27.8 Å². The van der Waals surface area contributed by atoms with Gasteiger partial charge in [-0.25, -0.2) is 32.4 Å². The maximum absolute atomic E-state index is 13.7. The molecule has 2 atom stereocenters. The molecule has 3 aromatic rings. The van der Waals surface area contributed by atoms with Crippen LogP contribution in [0.3, 0.4) is 0 Å². The molecule has 0 radical (unpaired) electrons. The summed E-state index contributed by atoms with van der Waals surface area (Å²) < 4.78 is 46.5. The van der Waals surface area contributed by atoms with Crippen molar-refractivity contribution in [2.45, 2.75) is 25.2 Å². The van der Waals surface area contributed by atoms with E-state index in [1.54, 1.807) is 18.2 Å². The zero-order valence-corrected chi connectivity index (χ0v) is 15.7. The number of pyridine rings is 1. The van der Waals surface area contributed by atoms with E-state index in [4.69, 9.17) is 4.74 Å². The molecule has 0 spiro atoms. The topological polar surface area (TPSA) is 105 Å². The average Bonchev–Trinajstić information content (AvgIpc) is 3.29. The van der Waals surface area contributed by atoms with E-state index >= 15 is 0 Å². The van der Waals surface area contributed by atoms with Gasteiger partial charge in [-0.1, -0.05) is 6.07 Å². The van der Waals surface area contributed by atoms with E-state index in [-0.39, 0.29) is 18.7 Å². The van der Waals surface area contributed by atoms with Crippen molar-refractivity contribution in [1.82, 2.24) is 24.5 Å². The number of hydrogen-bond acceptors (Lipinski definition) is 6. The van der Waals surface area contributed by atoms with Gasteiger partial charge >= 0.3 is 6.09 Å². The third-order valence-corrected chi connectivity index (χ3v) is 4.73. The van der Waals surface area contributed by atoms with Crippen LogP contribution in [0.4, 0.5) is 23.8 Å². The fourth-order valence-corrected chi connectivity index (χ4v) is 3.36. The number of alkyl halides is 3. The van der Waals surface area contributed by atoms with E-state index in [0.717, 1.165) is 4.90 Å². The number of carboxylic acid groups (broad SMARTS) is 1. The fraction of sp³-hybridized carbons (Fsp3) is 0.333. The number of halogens is 3. The molecule has 2 N–H and O–H groups in total. The Hall–Kier alpha value is -3.57. The quantitative estimate of drug-likeness (QED) is 0.651. The first kappa shape index (κ1) is 19.7. The minimum atomic E-state index is -2.85. The Morgan fingerprint density at radius 2 is 2.20 bits per heavy atom. The number of imidazole rings is 1. The van der Waals surface area contributed by atoms with E-state index in [1.165, 1.54) is 23.9 Å². The van der Waals surface area contributed by atoms with Gasteiger partial charge in [-0.2, -0.15) is 5.10 Å². The van der Waals surface area contributed by atoms with Crippen molar-refractivity contribution in [3.05, 3.63) is 36.2 Å². The van der Waals surface area contributed by atoms with Crippen LogP contribution in [0.5, 0.6) is 5.75 Å². The number of anilines is 1. The van der Waals surface area contributed by atoms with Gasteiger partial charge in [0.2, 0.25) is 0 Å². The van der Waals surface area contributed by atoms with Crippen molar-refractivity contribution in [2.75, 3.05) is 19.0 Å². The number of carbonyl (C=O) groups is 1. The Kier molecular flexibility index (Phi) is 5.06. The Morgan fingerprint density at radius 1 is 1.40 bits per heavy atom. The van der Waals surface area contributed by atoms with Crippen LogP contribution < -0.4 is 10.1 Å². The molecular weight excluding hydrogens is 405 g/mol. The van der Waals surface area contributed by atoms with Gasteiger partial charge in [0, 0.05) is 12.5 Å². The van der Waals surface area contributed by atoms with Gasteiger partial charge in [-0.05, 0) is 12.1 Å². The average molecular weight is 422 g/mol. The highest BCUT2D eigenvalue weighted by Crippen LogP contribution is 2.30. The summed E-state index contributed by atoms with van der Waals surface area (Å²) in [7, 11) is 1.27. The molecule has 12 heteroatoms. The molecule has 9 nitrogen and oxygen atoms in total. The van der Waals surface area contributed by atoms with E-state index < -0.39 is 30.6 Å². The predicted molar refractivity (Wildman–Crippen MR) is 99.4 cm³/mol. The van der Waals surface area contributed by atoms with Crippen LogP contribution in [0.1, 0.15) is 18.5 Å². The molecule has 0 bridgehead atoms. The first-order valence-electron chi connectivity index (χ1n) is 8.95. The number of fused-ring (bicyclic) bond motifs is 1. The minimum absolute atomic E-state index is 0.00702. The number of hydrogen-bond donors (Lipinski definition) is 2. The van der Waals surface area contributed by atoms with Crippen LogP contribution in [0, 0.1) is 0 Å². The van der Waals surface area contributed by atoms with Gasteiger partial charge in [-0.15, -0.1) is 0 Å². The first-order valence-corrected chi connectivity index (χ1v) is 8.95. The Balaban J connectivity index is 1.68. The number of rotatable bonds is 5. The summed E-state index contributed by atoms with van der Waals surface area (Å²) in [6.07, 6.45) is -4.70. The number of nitrogens with one attached hydrogen (secondary N) is 1. The standard InChI is InChI=1S/C18H17F3N6O3/c1-30-12-6-14-22-7-11(27(14)25-16(12)17(20)21)10-3-2-4-13(23-10)24-15-5-9(19)8-26(15)18(28)29/h2-4,6-7,9,15,17H,5,8H2,1H3,(H,23,24)(H,28,29). The minimum Gasteiger partial charge on any atom is -0.494 e. The maximum atomic E-state index is 13.7. The second kappa shape index (κ2) is 7.69. The zero-order valence-electron chi connectivity index (χ0n) is 15.7. The highest BCUT2D eigenvalue weighted by Gasteiger charge is 2.35.